The minimum Gasteiger partial charge on any atom is -0.493 e. The van der Waals surface area contributed by atoms with Crippen LogP contribution in [0.25, 0.3) is 6.08 Å². The molecule has 2 rings (SSSR count). The average molecular weight is 414 g/mol. The molecule has 0 aliphatic carbocycles. The van der Waals surface area contributed by atoms with Gasteiger partial charge >= 0.3 is 6.18 Å². The monoisotopic (exact) mass is 413 g/mol. The largest absolute Gasteiger partial charge is 0.493 e. The second-order valence-electron chi connectivity index (χ2n) is 5.81. The van der Waals surface area contributed by atoms with E-state index in [4.69, 9.17) is 21.1 Å². The van der Waals surface area contributed by atoms with E-state index >= 15 is 0 Å². The van der Waals surface area contributed by atoms with Gasteiger partial charge in [-0.15, -0.1) is 0 Å². The van der Waals surface area contributed by atoms with Crippen LogP contribution in [0.3, 0.4) is 0 Å². The molecule has 4 nitrogen and oxygen atoms in total. The molecule has 0 aliphatic rings. The third-order valence-electron chi connectivity index (χ3n) is 3.88. The van der Waals surface area contributed by atoms with Crippen LogP contribution in [0.15, 0.2) is 42.5 Å². The van der Waals surface area contributed by atoms with E-state index in [1.165, 1.54) is 32.4 Å². The van der Waals surface area contributed by atoms with Gasteiger partial charge in [0.05, 0.1) is 24.8 Å². The number of nitrogens with one attached hydrogen (secondary N) is 1. The molecule has 0 aromatic heterocycles. The lowest BCUT2D eigenvalue weighted by Crippen LogP contribution is -2.23. The predicted octanol–water partition coefficient (Wildman–Crippen LogP) is 4.75. The first-order chi connectivity index (χ1) is 13.2. The summed E-state index contributed by atoms with van der Waals surface area (Å²) in [6.07, 6.45) is -1.03. The van der Waals surface area contributed by atoms with Gasteiger partial charge in [0.1, 0.15) is 0 Å². The number of methoxy groups -OCH3 is 2. The zero-order valence-corrected chi connectivity index (χ0v) is 16.0. The van der Waals surface area contributed by atoms with Crippen LogP contribution in [-0.4, -0.2) is 26.7 Å². The third kappa shape index (κ3) is 5.92. The van der Waals surface area contributed by atoms with E-state index in [9.17, 15) is 18.0 Å². The van der Waals surface area contributed by atoms with Gasteiger partial charge in [-0.3, -0.25) is 4.79 Å². The Kier molecular flexibility index (Phi) is 7.34. The maximum atomic E-state index is 12.5. The van der Waals surface area contributed by atoms with E-state index in [0.717, 1.165) is 12.1 Å². The normalized spacial score (nSPS) is 11.5. The smallest absolute Gasteiger partial charge is 0.416 e. The van der Waals surface area contributed by atoms with Gasteiger partial charge in [0, 0.05) is 12.6 Å². The van der Waals surface area contributed by atoms with Crippen LogP contribution in [-0.2, 0) is 17.4 Å². The Balaban J connectivity index is 1.90. The molecule has 0 fully saturated rings. The van der Waals surface area contributed by atoms with Crippen LogP contribution in [0.5, 0.6) is 11.5 Å². The van der Waals surface area contributed by atoms with Crippen molar-refractivity contribution in [1.82, 2.24) is 5.32 Å². The molecule has 0 aliphatic heterocycles. The van der Waals surface area contributed by atoms with E-state index in [1.54, 1.807) is 18.2 Å². The molecule has 0 spiro atoms. The molecule has 0 radical (unpaired) electrons. The molecule has 0 unspecified atom stereocenters. The molecule has 2 aromatic rings. The molecule has 1 N–H and O–H groups in total. The molecule has 28 heavy (non-hydrogen) atoms. The zero-order chi connectivity index (χ0) is 20.7. The maximum absolute atomic E-state index is 12.5. The fraction of sp³-hybridized carbons (Fsp3) is 0.250. The molecule has 0 bridgehead atoms. The van der Waals surface area contributed by atoms with Crippen molar-refractivity contribution in [2.45, 2.75) is 12.6 Å². The molecule has 8 heteroatoms. The fourth-order valence-corrected chi connectivity index (χ4v) is 2.75. The van der Waals surface area contributed by atoms with Crippen molar-refractivity contribution < 1.29 is 27.4 Å². The van der Waals surface area contributed by atoms with E-state index in [2.05, 4.69) is 5.32 Å². The SMILES string of the molecule is COc1cc(/C=C/C(=O)NCCc2ccc(C(F)(F)F)cc2)cc(Cl)c1OC. The van der Waals surface area contributed by atoms with Crippen molar-refractivity contribution in [3.63, 3.8) is 0 Å². The first-order valence-corrected chi connectivity index (χ1v) is 8.66. The van der Waals surface area contributed by atoms with E-state index in [0.29, 0.717) is 40.6 Å². The molecule has 0 saturated carbocycles. The van der Waals surface area contributed by atoms with Crippen molar-refractivity contribution in [2.75, 3.05) is 20.8 Å². The van der Waals surface area contributed by atoms with Crippen LogP contribution in [0, 0.1) is 0 Å². The van der Waals surface area contributed by atoms with Crippen molar-refractivity contribution in [2.24, 2.45) is 0 Å². The van der Waals surface area contributed by atoms with Crippen molar-refractivity contribution in [1.29, 1.82) is 0 Å². The summed E-state index contributed by atoms with van der Waals surface area (Å²) >= 11 is 6.11. The Morgan fingerprint density at radius 3 is 2.39 bits per heavy atom. The summed E-state index contributed by atoms with van der Waals surface area (Å²) in [5.74, 6) is 0.512. The van der Waals surface area contributed by atoms with Gasteiger partial charge in [0.25, 0.3) is 0 Å². The highest BCUT2D eigenvalue weighted by Gasteiger charge is 2.29. The number of alkyl halides is 3. The standard InChI is InChI=1S/C20H19ClF3NO3/c1-27-17-12-14(11-16(21)19(17)28-2)5-8-18(26)25-10-9-13-3-6-15(7-4-13)20(22,23)24/h3-8,11-12H,9-10H2,1-2H3,(H,25,26)/b8-5+. The first kappa shape index (κ1) is 21.6. The van der Waals surface area contributed by atoms with Crippen molar-refractivity contribution in [3.8, 4) is 11.5 Å². The van der Waals surface area contributed by atoms with Gasteiger partial charge in [-0.25, -0.2) is 0 Å². The summed E-state index contributed by atoms with van der Waals surface area (Å²) in [7, 11) is 2.96. The Bertz CT molecular complexity index is 849. The maximum Gasteiger partial charge on any atom is 0.416 e. The first-order valence-electron chi connectivity index (χ1n) is 8.28. The van der Waals surface area contributed by atoms with Crippen molar-refractivity contribution in [3.05, 3.63) is 64.2 Å². The van der Waals surface area contributed by atoms with E-state index in [-0.39, 0.29) is 5.91 Å². The zero-order valence-electron chi connectivity index (χ0n) is 15.3. The van der Waals surface area contributed by atoms with Gasteiger partial charge in [-0.2, -0.15) is 13.2 Å². The summed E-state index contributed by atoms with van der Waals surface area (Å²) in [5.41, 5.74) is 0.654. The van der Waals surface area contributed by atoms with E-state index < -0.39 is 11.7 Å². The number of halogens is 4. The number of rotatable bonds is 7. The summed E-state index contributed by atoms with van der Waals surface area (Å²) < 4.78 is 47.9. The Labute approximate surface area is 165 Å². The molecule has 1 amide bonds. The minimum absolute atomic E-state index is 0.293. The number of carbonyl (C=O) groups is 1. The molecule has 2 aromatic carbocycles. The van der Waals surface area contributed by atoms with Crippen LogP contribution < -0.4 is 14.8 Å². The van der Waals surface area contributed by atoms with Gasteiger partial charge < -0.3 is 14.8 Å². The minimum atomic E-state index is -4.36. The summed E-state index contributed by atoms with van der Waals surface area (Å²) in [5, 5.41) is 3.03. The highest BCUT2D eigenvalue weighted by Crippen LogP contribution is 2.36. The van der Waals surface area contributed by atoms with Crippen LogP contribution in [0.4, 0.5) is 13.2 Å². The highest BCUT2D eigenvalue weighted by molar-refractivity contribution is 6.32. The second-order valence-corrected chi connectivity index (χ2v) is 6.21. The third-order valence-corrected chi connectivity index (χ3v) is 4.16. The highest BCUT2D eigenvalue weighted by atomic mass is 35.5. The lowest BCUT2D eigenvalue weighted by molar-refractivity contribution is -0.137. The molecule has 0 atom stereocenters. The Morgan fingerprint density at radius 2 is 1.82 bits per heavy atom. The van der Waals surface area contributed by atoms with Gasteiger partial charge in [-0.05, 0) is 47.9 Å². The molecule has 0 saturated heterocycles. The van der Waals surface area contributed by atoms with Crippen LogP contribution >= 0.6 is 11.6 Å². The Morgan fingerprint density at radius 1 is 1.14 bits per heavy atom. The number of hydrogen-bond donors (Lipinski definition) is 1. The van der Waals surface area contributed by atoms with Gasteiger partial charge in [0.15, 0.2) is 11.5 Å². The van der Waals surface area contributed by atoms with E-state index in [1.807, 2.05) is 0 Å². The number of benzene rings is 2. The summed E-state index contributed by atoms with van der Waals surface area (Å²) in [4.78, 5) is 11.9. The predicted molar refractivity (Wildman–Crippen MR) is 102 cm³/mol. The van der Waals surface area contributed by atoms with Gasteiger partial charge in [0.2, 0.25) is 5.91 Å². The van der Waals surface area contributed by atoms with Crippen LogP contribution in [0.1, 0.15) is 16.7 Å². The number of amides is 1. The topological polar surface area (TPSA) is 47.6 Å². The number of carbonyl (C=O) groups excluding carboxylic acids is 1. The molecular formula is C20H19ClF3NO3. The quantitative estimate of drug-likeness (QED) is 0.666. The molecular weight excluding hydrogens is 395 g/mol. The fourth-order valence-electron chi connectivity index (χ4n) is 2.46. The summed E-state index contributed by atoms with van der Waals surface area (Å²) in [6.45, 7) is 0.293. The number of hydrogen-bond acceptors (Lipinski definition) is 3. The lowest BCUT2D eigenvalue weighted by atomic mass is 10.1. The van der Waals surface area contributed by atoms with Gasteiger partial charge in [-0.1, -0.05) is 23.7 Å². The average Bonchev–Trinajstić information content (AvgIpc) is 2.65. The molecule has 0 heterocycles. The lowest BCUT2D eigenvalue weighted by Gasteiger charge is -2.10. The van der Waals surface area contributed by atoms with Crippen molar-refractivity contribution >= 4 is 23.6 Å². The second kappa shape index (κ2) is 9.50. The van der Waals surface area contributed by atoms with Crippen LogP contribution in [0.2, 0.25) is 5.02 Å². The Hall–Kier alpha value is -2.67. The number of ether oxygens (including phenoxy) is 2. The summed E-state index contributed by atoms with van der Waals surface area (Å²) in [6, 6.07) is 8.16. The molecule has 150 valence electrons.